The molecule has 0 unspecified atom stereocenters. The lowest BCUT2D eigenvalue weighted by Gasteiger charge is -2.35. The molecule has 1 aliphatic heterocycles. The van der Waals surface area contributed by atoms with Crippen molar-refractivity contribution in [1.82, 2.24) is 4.31 Å². The summed E-state index contributed by atoms with van der Waals surface area (Å²) in [5.41, 5.74) is -0.622. The molecule has 1 aliphatic rings. The van der Waals surface area contributed by atoms with Crippen LogP contribution in [0.3, 0.4) is 0 Å². The number of nitrogens with zero attached hydrogens (tertiary/aromatic N) is 1. The Balaban J connectivity index is 2.24. The Hall–Kier alpha value is -1.02. The van der Waals surface area contributed by atoms with Crippen molar-refractivity contribution in [1.29, 1.82) is 0 Å². The van der Waals surface area contributed by atoms with Gasteiger partial charge in [0, 0.05) is 39.6 Å². The van der Waals surface area contributed by atoms with Crippen molar-refractivity contribution in [3.05, 3.63) is 29.6 Å². The smallest absolute Gasteiger partial charge is 0.243 e. The number of hydrogen-bond donors (Lipinski definition) is 1. The first-order valence-corrected chi connectivity index (χ1v) is 8.21. The summed E-state index contributed by atoms with van der Waals surface area (Å²) in [7, 11) is -2.44. The van der Waals surface area contributed by atoms with Crippen LogP contribution in [-0.4, -0.2) is 50.2 Å². The predicted molar refractivity (Wildman–Crippen MR) is 76.0 cm³/mol. The number of sulfonamides is 1. The van der Waals surface area contributed by atoms with Crippen LogP contribution in [0.25, 0.3) is 0 Å². The van der Waals surface area contributed by atoms with Gasteiger partial charge in [0.1, 0.15) is 5.82 Å². The maximum atomic E-state index is 13.3. The van der Waals surface area contributed by atoms with Crippen molar-refractivity contribution in [3.63, 3.8) is 0 Å². The standard InChI is InChI=1S/C14H20FNO4S/c1-11-3-4-12(15)9-13(11)21(18,19)16(2)10-14(17)5-7-20-8-6-14/h3-4,9,17H,5-8,10H2,1-2H3. The molecule has 1 heterocycles. The summed E-state index contributed by atoms with van der Waals surface area (Å²) in [6.45, 7) is 2.39. The minimum Gasteiger partial charge on any atom is -0.388 e. The molecule has 0 aliphatic carbocycles. The van der Waals surface area contributed by atoms with Crippen LogP contribution in [-0.2, 0) is 14.8 Å². The van der Waals surface area contributed by atoms with Crippen LogP contribution >= 0.6 is 0 Å². The van der Waals surface area contributed by atoms with Crippen molar-refractivity contribution in [2.24, 2.45) is 0 Å². The van der Waals surface area contributed by atoms with Gasteiger partial charge in [0.2, 0.25) is 10.0 Å². The fraction of sp³-hybridized carbons (Fsp3) is 0.571. The highest BCUT2D eigenvalue weighted by atomic mass is 32.2. The van der Waals surface area contributed by atoms with Gasteiger partial charge in [-0.3, -0.25) is 0 Å². The summed E-state index contributed by atoms with van der Waals surface area (Å²) < 4.78 is 44.7. The molecule has 1 N–H and O–H groups in total. The molecule has 0 bridgehead atoms. The van der Waals surface area contributed by atoms with Gasteiger partial charge in [-0.05, 0) is 24.6 Å². The van der Waals surface area contributed by atoms with Crippen LogP contribution in [0.1, 0.15) is 18.4 Å². The zero-order valence-corrected chi connectivity index (χ0v) is 13.0. The zero-order valence-electron chi connectivity index (χ0n) is 12.2. The van der Waals surface area contributed by atoms with Crippen molar-refractivity contribution in [2.45, 2.75) is 30.3 Å². The highest BCUT2D eigenvalue weighted by Crippen LogP contribution is 2.25. The summed E-state index contributed by atoms with van der Waals surface area (Å²) in [4.78, 5) is -0.0688. The Kier molecular flexibility index (Phi) is 4.67. The first kappa shape index (κ1) is 16.4. The second-order valence-electron chi connectivity index (χ2n) is 5.51. The molecule has 0 saturated carbocycles. The quantitative estimate of drug-likeness (QED) is 0.909. The summed E-state index contributed by atoms with van der Waals surface area (Å²) >= 11 is 0. The number of ether oxygens (including phenoxy) is 1. The Morgan fingerprint density at radius 1 is 1.38 bits per heavy atom. The first-order valence-electron chi connectivity index (χ1n) is 6.77. The van der Waals surface area contributed by atoms with Crippen molar-refractivity contribution in [2.75, 3.05) is 26.8 Å². The Morgan fingerprint density at radius 2 is 2.00 bits per heavy atom. The summed E-state index contributed by atoms with van der Waals surface area (Å²) in [6.07, 6.45) is 0.768. The maximum absolute atomic E-state index is 13.3. The molecule has 118 valence electrons. The van der Waals surface area contributed by atoms with E-state index in [1.165, 1.54) is 19.2 Å². The summed E-state index contributed by atoms with van der Waals surface area (Å²) in [5.74, 6) is -0.600. The van der Waals surface area contributed by atoms with E-state index in [0.717, 1.165) is 10.4 Å². The van der Waals surface area contributed by atoms with Crippen molar-refractivity contribution in [3.8, 4) is 0 Å². The van der Waals surface area contributed by atoms with E-state index in [9.17, 15) is 17.9 Å². The molecule has 1 aromatic carbocycles. The van der Waals surface area contributed by atoms with Crippen LogP contribution in [0, 0.1) is 12.7 Å². The lowest BCUT2D eigenvalue weighted by molar-refractivity contribution is -0.0689. The fourth-order valence-electron chi connectivity index (χ4n) is 2.43. The molecule has 5 nitrogen and oxygen atoms in total. The Morgan fingerprint density at radius 3 is 2.62 bits per heavy atom. The molecule has 1 aromatic rings. The topological polar surface area (TPSA) is 66.8 Å². The lowest BCUT2D eigenvalue weighted by Crippen LogP contribution is -2.47. The number of benzene rings is 1. The normalized spacial score (nSPS) is 18.9. The van der Waals surface area contributed by atoms with E-state index in [1.54, 1.807) is 6.92 Å². The van der Waals surface area contributed by atoms with Crippen LogP contribution < -0.4 is 0 Å². The van der Waals surface area contributed by atoms with E-state index in [-0.39, 0.29) is 11.4 Å². The molecule has 7 heteroatoms. The van der Waals surface area contributed by atoms with Gasteiger partial charge in [-0.1, -0.05) is 6.07 Å². The highest BCUT2D eigenvalue weighted by Gasteiger charge is 2.35. The second-order valence-corrected chi connectivity index (χ2v) is 7.52. The Labute approximate surface area is 124 Å². The lowest BCUT2D eigenvalue weighted by atomic mass is 9.95. The van der Waals surface area contributed by atoms with Gasteiger partial charge in [-0.25, -0.2) is 12.8 Å². The third-order valence-electron chi connectivity index (χ3n) is 3.78. The molecule has 0 spiro atoms. The molecular weight excluding hydrogens is 297 g/mol. The summed E-state index contributed by atoms with van der Waals surface area (Å²) in [6, 6.07) is 3.66. The third-order valence-corrected chi connectivity index (χ3v) is 5.72. The number of halogens is 1. The molecule has 2 rings (SSSR count). The number of aliphatic hydroxyl groups is 1. The number of likely N-dealkylation sites (N-methyl/N-ethyl adjacent to an activating group) is 1. The molecule has 0 radical (unpaired) electrons. The highest BCUT2D eigenvalue weighted by molar-refractivity contribution is 7.89. The molecule has 0 amide bonds. The fourth-order valence-corrected chi connectivity index (χ4v) is 3.91. The van der Waals surface area contributed by atoms with E-state index in [2.05, 4.69) is 0 Å². The summed E-state index contributed by atoms with van der Waals surface area (Å²) in [5, 5.41) is 10.4. The van der Waals surface area contributed by atoms with E-state index in [1.807, 2.05) is 0 Å². The van der Waals surface area contributed by atoms with Crippen LogP contribution in [0.15, 0.2) is 23.1 Å². The minimum atomic E-state index is -3.84. The molecule has 21 heavy (non-hydrogen) atoms. The van der Waals surface area contributed by atoms with Gasteiger partial charge >= 0.3 is 0 Å². The van der Waals surface area contributed by atoms with Crippen LogP contribution in [0.2, 0.25) is 0 Å². The average molecular weight is 317 g/mol. The van der Waals surface area contributed by atoms with E-state index in [0.29, 0.717) is 31.6 Å². The van der Waals surface area contributed by atoms with Gasteiger partial charge in [0.05, 0.1) is 10.5 Å². The number of rotatable bonds is 4. The minimum absolute atomic E-state index is 0.0331. The molecule has 0 atom stereocenters. The zero-order chi connectivity index (χ0) is 15.7. The Bertz CT molecular complexity index is 611. The third kappa shape index (κ3) is 3.60. The van der Waals surface area contributed by atoms with E-state index < -0.39 is 21.4 Å². The molecular formula is C14H20FNO4S. The molecule has 0 aromatic heterocycles. The first-order chi connectivity index (χ1) is 9.74. The second kappa shape index (κ2) is 6.00. The largest absolute Gasteiger partial charge is 0.388 e. The van der Waals surface area contributed by atoms with E-state index in [4.69, 9.17) is 4.74 Å². The van der Waals surface area contributed by atoms with Crippen molar-refractivity contribution >= 4 is 10.0 Å². The SMILES string of the molecule is Cc1ccc(F)cc1S(=O)(=O)N(C)CC1(O)CCOCC1. The number of aryl methyl sites for hydroxylation is 1. The number of hydrogen-bond acceptors (Lipinski definition) is 4. The molecule has 1 fully saturated rings. The van der Waals surface area contributed by atoms with E-state index >= 15 is 0 Å². The van der Waals surface area contributed by atoms with Crippen molar-refractivity contribution < 1.29 is 22.7 Å². The maximum Gasteiger partial charge on any atom is 0.243 e. The predicted octanol–water partition coefficient (Wildman–Crippen LogP) is 1.30. The van der Waals surface area contributed by atoms with Gasteiger partial charge < -0.3 is 9.84 Å². The molecule has 1 saturated heterocycles. The van der Waals surface area contributed by atoms with Crippen LogP contribution in [0.5, 0.6) is 0 Å². The van der Waals surface area contributed by atoms with Crippen LogP contribution in [0.4, 0.5) is 4.39 Å². The van der Waals surface area contributed by atoms with Gasteiger partial charge in [0.15, 0.2) is 0 Å². The average Bonchev–Trinajstić information content (AvgIpc) is 2.41. The monoisotopic (exact) mass is 317 g/mol. The van der Waals surface area contributed by atoms with Gasteiger partial charge in [-0.15, -0.1) is 0 Å². The van der Waals surface area contributed by atoms with Gasteiger partial charge in [-0.2, -0.15) is 4.31 Å². The van der Waals surface area contributed by atoms with Gasteiger partial charge in [0.25, 0.3) is 0 Å².